The number of hydrogen-bond acceptors (Lipinski definition) is 1. The third kappa shape index (κ3) is 2.77. The maximum Gasteiger partial charge on any atom is 0.389 e. The highest BCUT2D eigenvalue weighted by molar-refractivity contribution is 5.16. The van der Waals surface area contributed by atoms with Gasteiger partial charge in [-0.05, 0) is 32.1 Å². The summed E-state index contributed by atoms with van der Waals surface area (Å²) in [6, 6.07) is 0. The largest absolute Gasteiger partial charge is 0.389 e. The first-order valence-corrected chi connectivity index (χ1v) is 5.66. The van der Waals surface area contributed by atoms with Gasteiger partial charge in [-0.3, -0.25) is 0 Å². The zero-order chi connectivity index (χ0) is 11.6. The second kappa shape index (κ2) is 4.47. The van der Waals surface area contributed by atoms with Gasteiger partial charge in [-0.2, -0.15) is 13.2 Å². The maximum atomic E-state index is 12.0. The van der Waals surface area contributed by atoms with Crippen molar-refractivity contribution < 1.29 is 13.2 Å². The standard InChI is InChI=1S/C11H15F3N2/c12-11(13,14)6-3-7-16-8-15-9-4-1-2-5-10(9)16/h8H,1-7H2. The molecule has 0 atom stereocenters. The summed E-state index contributed by atoms with van der Waals surface area (Å²) in [6.07, 6.45) is 1.28. The summed E-state index contributed by atoms with van der Waals surface area (Å²) in [4.78, 5) is 4.25. The number of aromatic nitrogens is 2. The molecule has 2 nitrogen and oxygen atoms in total. The van der Waals surface area contributed by atoms with Crippen molar-refractivity contribution in [2.45, 2.75) is 51.2 Å². The van der Waals surface area contributed by atoms with Crippen LogP contribution in [0, 0.1) is 0 Å². The number of fused-ring (bicyclic) bond motifs is 1. The zero-order valence-electron chi connectivity index (χ0n) is 9.06. The van der Waals surface area contributed by atoms with Gasteiger partial charge in [0.25, 0.3) is 0 Å². The van der Waals surface area contributed by atoms with Crippen LogP contribution in [0.3, 0.4) is 0 Å². The minimum Gasteiger partial charge on any atom is -0.334 e. The van der Waals surface area contributed by atoms with Gasteiger partial charge < -0.3 is 4.57 Å². The van der Waals surface area contributed by atoms with Crippen molar-refractivity contribution in [1.82, 2.24) is 9.55 Å². The van der Waals surface area contributed by atoms with E-state index in [-0.39, 0.29) is 6.42 Å². The molecule has 0 bridgehead atoms. The number of hydrogen-bond donors (Lipinski definition) is 0. The van der Waals surface area contributed by atoms with Crippen LogP contribution in [0.15, 0.2) is 6.33 Å². The van der Waals surface area contributed by atoms with E-state index in [1.54, 1.807) is 6.33 Å². The van der Waals surface area contributed by atoms with Crippen molar-refractivity contribution in [2.75, 3.05) is 0 Å². The van der Waals surface area contributed by atoms with Crippen molar-refractivity contribution in [3.05, 3.63) is 17.7 Å². The summed E-state index contributed by atoms with van der Waals surface area (Å²) in [6.45, 7) is 0.432. The quantitative estimate of drug-likeness (QED) is 0.783. The molecule has 1 aliphatic rings. The van der Waals surface area contributed by atoms with Crippen LogP contribution in [0.5, 0.6) is 0 Å². The van der Waals surface area contributed by atoms with E-state index in [9.17, 15) is 13.2 Å². The summed E-state index contributed by atoms with van der Waals surface area (Å²) in [7, 11) is 0. The summed E-state index contributed by atoms with van der Waals surface area (Å²) in [5, 5.41) is 0. The van der Waals surface area contributed by atoms with Crippen molar-refractivity contribution in [3.8, 4) is 0 Å². The molecule has 1 aromatic rings. The topological polar surface area (TPSA) is 17.8 Å². The van der Waals surface area contributed by atoms with Gasteiger partial charge in [0.15, 0.2) is 0 Å². The number of halogens is 3. The van der Waals surface area contributed by atoms with Crippen LogP contribution in [0.4, 0.5) is 13.2 Å². The molecule has 0 fully saturated rings. The average Bonchev–Trinajstić information content (AvgIpc) is 2.60. The molecule has 90 valence electrons. The zero-order valence-corrected chi connectivity index (χ0v) is 9.06. The molecule has 1 aliphatic carbocycles. The van der Waals surface area contributed by atoms with Gasteiger partial charge >= 0.3 is 6.18 Å². The SMILES string of the molecule is FC(F)(F)CCCn1cnc2c1CCCC2. The van der Waals surface area contributed by atoms with Crippen molar-refractivity contribution in [1.29, 1.82) is 0 Å². The van der Waals surface area contributed by atoms with Gasteiger partial charge in [0, 0.05) is 18.7 Å². The highest BCUT2D eigenvalue weighted by Gasteiger charge is 2.26. The Morgan fingerprint density at radius 1 is 1.25 bits per heavy atom. The van der Waals surface area contributed by atoms with Gasteiger partial charge in [-0.15, -0.1) is 0 Å². The summed E-state index contributed by atoms with van der Waals surface area (Å²) in [5.74, 6) is 0. The molecule has 0 radical (unpaired) electrons. The van der Waals surface area contributed by atoms with E-state index in [4.69, 9.17) is 0 Å². The van der Waals surface area contributed by atoms with Gasteiger partial charge in [0.05, 0.1) is 12.0 Å². The number of imidazole rings is 1. The minimum absolute atomic E-state index is 0.145. The monoisotopic (exact) mass is 232 g/mol. The number of alkyl halides is 3. The molecule has 0 unspecified atom stereocenters. The van der Waals surface area contributed by atoms with Gasteiger partial charge in [0.1, 0.15) is 0 Å². The lowest BCUT2D eigenvalue weighted by Gasteiger charge is -2.14. The second-order valence-electron chi connectivity index (χ2n) is 4.26. The Kier molecular flexibility index (Phi) is 3.21. The predicted octanol–water partition coefficient (Wildman–Crippen LogP) is 3.10. The lowest BCUT2D eigenvalue weighted by Crippen LogP contribution is -2.12. The van der Waals surface area contributed by atoms with E-state index in [0.717, 1.165) is 37.1 Å². The fourth-order valence-corrected chi connectivity index (χ4v) is 2.17. The lowest BCUT2D eigenvalue weighted by molar-refractivity contribution is -0.135. The molecule has 16 heavy (non-hydrogen) atoms. The van der Waals surface area contributed by atoms with Gasteiger partial charge in [-0.1, -0.05) is 0 Å². The van der Waals surface area contributed by atoms with Crippen molar-refractivity contribution in [2.24, 2.45) is 0 Å². The van der Waals surface area contributed by atoms with Gasteiger partial charge in [-0.25, -0.2) is 4.98 Å². The Labute approximate surface area is 92.5 Å². The molecule has 0 amide bonds. The average molecular weight is 232 g/mol. The number of aryl methyl sites for hydroxylation is 2. The highest BCUT2D eigenvalue weighted by Crippen LogP contribution is 2.23. The Morgan fingerprint density at radius 3 is 2.75 bits per heavy atom. The summed E-state index contributed by atoms with van der Waals surface area (Å²) in [5.41, 5.74) is 2.23. The Balaban J connectivity index is 1.92. The molecule has 0 saturated heterocycles. The Hall–Kier alpha value is -1.00. The van der Waals surface area contributed by atoms with Crippen LogP contribution in [0.25, 0.3) is 0 Å². The van der Waals surface area contributed by atoms with E-state index in [1.807, 2.05) is 4.57 Å². The first-order valence-electron chi connectivity index (χ1n) is 5.66. The molecule has 0 saturated carbocycles. The molecule has 0 aromatic carbocycles. The molecular formula is C11H15F3N2. The molecule has 0 spiro atoms. The highest BCUT2D eigenvalue weighted by atomic mass is 19.4. The van der Waals surface area contributed by atoms with E-state index in [2.05, 4.69) is 4.98 Å². The lowest BCUT2D eigenvalue weighted by atomic mass is 10.0. The third-order valence-corrected chi connectivity index (χ3v) is 2.97. The molecule has 1 aromatic heterocycles. The van der Waals surface area contributed by atoms with Crippen LogP contribution in [-0.4, -0.2) is 15.7 Å². The van der Waals surface area contributed by atoms with Crippen molar-refractivity contribution in [3.63, 3.8) is 0 Å². The Bertz CT molecular complexity index is 355. The molecule has 0 N–H and O–H groups in total. The van der Waals surface area contributed by atoms with Crippen LogP contribution in [0.2, 0.25) is 0 Å². The second-order valence-corrected chi connectivity index (χ2v) is 4.26. The predicted molar refractivity (Wildman–Crippen MR) is 54.2 cm³/mol. The van der Waals surface area contributed by atoms with E-state index in [1.165, 1.54) is 0 Å². The van der Waals surface area contributed by atoms with E-state index >= 15 is 0 Å². The summed E-state index contributed by atoms with van der Waals surface area (Å²) >= 11 is 0. The molecule has 0 aliphatic heterocycles. The molecule has 1 heterocycles. The molecule has 2 rings (SSSR count). The number of rotatable bonds is 3. The van der Waals surface area contributed by atoms with Crippen LogP contribution >= 0.6 is 0 Å². The van der Waals surface area contributed by atoms with Crippen LogP contribution in [-0.2, 0) is 19.4 Å². The fraction of sp³-hybridized carbons (Fsp3) is 0.727. The number of nitrogens with zero attached hydrogens (tertiary/aromatic N) is 2. The van der Waals surface area contributed by atoms with E-state index < -0.39 is 12.6 Å². The fourth-order valence-electron chi connectivity index (χ4n) is 2.17. The third-order valence-electron chi connectivity index (χ3n) is 2.97. The Morgan fingerprint density at radius 2 is 2.00 bits per heavy atom. The normalized spacial score (nSPS) is 16.2. The molecule has 5 heteroatoms. The maximum absolute atomic E-state index is 12.0. The first kappa shape index (κ1) is 11.5. The minimum atomic E-state index is -4.04. The van der Waals surface area contributed by atoms with E-state index in [0.29, 0.717) is 6.54 Å². The summed E-state index contributed by atoms with van der Waals surface area (Å²) < 4.78 is 37.9. The van der Waals surface area contributed by atoms with Crippen LogP contribution in [0.1, 0.15) is 37.1 Å². The van der Waals surface area contributed by atoms with Gasteiger partial charge in [0.2, 0.25) is 0 Å². The molecular weight excluding hydrogens is 217 g/mol. The smallest absolute Gasteiger partial charge is 0.334 e. The van der Waals surface area contributed by atoms with Crippen LogP contribution < -0.4 is 0 Å². The van der Waals surface area contributed by atoms with Crippen molar-refractivity contribution >= 4 is 0 Å². The first-order chi connectivity index (χ1) is 7.56.